The molecule has 19 heavy (non-hydrogen) atoms. The van der Waals surface area contributed by atoms with Crippen molar-refractivity contribution in [3.8, 4) is 0 Å². The average molecular weight is 275 g/mol. The summed E-state index contributed by atoms with van der Waals surface area (Å²) >= 11 is 6.33. The molecule has 0 saturated heterocycles. The van der Waals surface area contributed by atoms with E-state index in [9.17, 15) is 0 Å². The molecule has 1 aromatic carbocycles. The lowest BCUT2D eigenvalue weighted by molar-refractivity contribution is 0.308. The summed E-state index contributed by atoms with van der Waals surface area (Å²) in [6.07, 6.45) is 6.34. The molecule has 2 N–H and O–H groups in total. The minimum Gasteiger partial charge on any atom is -0.324 e. The van der Waals surface area contributed by atoms with Gasteiger partial charge in [-0.3, -0.25) is 0 Å². The summed E-state index contributed by atoms with van der Waals surface area (Å²) in [5, 5.41) is 1.69. The Morgan fingerprint density at radius 2 is 1.89 bits per heavy atom. The lowest BCUT2D eigenvalue weighted by Crippen LogP contribution is -2.24. The van der Waals surface area contributed by atoms with Gasteiger partial charge in [-0.2, -0.15) is 0 Å². The zero-order chi connectivity index (χ0) is 13.2. The second kappa shape index (κ2) is 5.48. The van der Waals surface area contributed by atoms with Gasteiger partial charge in [0.15, 0.2) is 0 Å². The molecule has 2 nitrogen and oxygen atoms in total. The van der Waals surface area contributed by atoms with Gasteiger partial charge in [-0.25, -0.2) is 4.98 Å². The summed E-state index contributed by atoms with van der Waals surface area (Å²) in [5.74, 6) is 0.550. The van der Waals surface area contributed by atoms with Crippen molar-refractivity contribution in [2.24, 2.45) is 11.7 Å². The summed E-state index contributed by atoms with van der Waals surface area (Å²) in [4.78, 5) is 4.48. The second-order valence-corrected chi connectivity index (χ2v) is 5.84. The van der Waals surface area contributed by atoms with Gasteiger partial charge in [0.25, 0.3) is 0 Å². The molecule has 1 heterocycles. The van der Waals surface area contributed by atoms with Crippen molar-refractivity contribution < 1.29 is 0 Å². The molecule has 0 bridgehead atoms. The molecular formula is C16H19ClN2. The minimum atomic E-state index is 0.0184. The van der Waals surface area contributed by atoms with Crippen LogP contribution in [-0.4, -0.2) is 4.98 Å². The monoisotopic (exact) mass is 274 g/mol. The Morgan fingerprint density at radius 1 is 1.16 bits per heavy atom. The molecule has 2 aromatic rings. The van der Waals surface area contributed by atoms with Crippen molar-refractivity contribution in [1.82, 2.24) is 4.98 Å². The van der Waals surface area contributed by atoms with Gasteiger partial charge in [0.2, 0.25) is 0 Å². The SMILES string of the molecule is N[C@@H](c1cc2ccccc2nc1Cl)C1CCCCC1. The zero-order valence-electron chi connectivity index (χ0n) is 11.0. The van der Waals surface area contributed by atoms with Crippen molar-refractivity contribution in [3.63, 3.8) is 0 Å². The Bertz CT molecular complexity index is 576. The highest BCUT2D eigenvalue weighted by Crippen LogP contribution is 2.36. The van der Waals surface area contributed by atoms with E-state index in [1.165, 1.54) is 32.1 Å². The van der Waals surface area contributed by atoms with E-state index in [1.54, 1.807) is 0 Å². The average Bonchev–Trinajstić information content (AvgIpc) is 2.47. The van der Waals surface area contributed by atoms with Crippen LogP contribution < -0.4 is 5.73 Å². The highest BCUT2D eigenvalue weighted by Gasteiger charge is 2.24. The van der Waals surface area contributed by atoms with Crippen molar-refractivity contribution in [2.75, 3.05) is 0 Å². The van der Waals surface area contributed by atoms with E-state index >= 15 is 0 Å². The van der Waals surface area contributed by atoms with Crippen LogP contribution in [0.15, 0.2) is 30.3 Å². The van der Waals surface area contributed by atoms with Crippen molar-refractivity contribution in [3.05, 3.63) is 41.0 Å². The summed E-state index contributed by atoms with van der Waals surface area (Å²) in [6.45, 7) is 0. The number of pyridine rings is 1. The molecule has 0 radical (unpaired) electrons. The van der Waals surface area contributed by atoms with Crippen LogP contribution in [0.2, 0.25) is 5.15 Å². The second-order valence-electron chi connectivity index (χ2n) is 5.48. The number of hydrogen-bond donors (Lipinski definition) is 1. The third kappa shape index (κ3) is 2.60. The number of fused-ring (bicyclic) bond motifs is 1. The van der Waals surface area contributed by atoms with Crippen LogP contribution in [0.1, 0.15) is 43.7 Å². The molecular weight excluding hydrogens is 256 g/mol. The number of hydrogen-bond acceptors (Lipinski definition) is 2. The first-order chi connectivity index (χ1) is 9.25. The van der Waals surface area contributed by atoms with Gasteiger partial charge in [0, 0.05) is 17.0 Å². The highest BCUT2D eigenvalue weighted by molar-refractivity contribution is 6.30. The van der Waals surface area contributed by atoms with Crippen LogP contribution in [0.4, 0.5) is 0 Å². The molecule has 0 spiro atoms. The smallest absolute Gasteiger partial charge is 0.134 e. The molecule has 0 aliphatic heterocycles. The van der Waals surface area contributed by atoms with Crippen molar-refractivity contribution in [1.29, 1.82) is 0 Å². The lowest BCUT2D eigenvalue weighted by Gasteiger charge is -2.28. The maximum absolute atomic E-state index is 6.44. The van der Waals surface area contributed by atoms with Gasteiger partial charge < -0.3 is 5.73 Å². The fourth-order valence-corrected chi connectivity index (χ4v) is 3.36. The van der Waals surface area contributed by atoms with Crippen LogP contribution in [0.25, 0.3) is 10.9 Å². The van der Waals surface area contributed by atoms with Gasteiger partial charge in [0.1, 0.15) is 5.15 Å². The number of nitrogens with two attached hydrogens (primary N) is 1. The first-order valence-corrected chi connectivity index (χ1v) is 7.44. The van der Waals surface area contributed by atoms with Crippen molar-refractivity contribution >= 4 is 22.5 Å². The lowest BCUT2D eigenvalue weighted by atomic mass is 9.82. The van der Waals surface area contributed by atoms with E-state index < -0.39 is 0 Å². The fraction of sp³-hybridized carbons (Fsp3) is 0.438. The Morgan fingerprint density at radius 3 is 2.68 bits per heavy atom. The molecule has 0 amide bonds. The Balaban J connectivity index is 1.96. The Labute approximate surface area is 119 Å². The summed E-state index contributed by atoms with van der Waals surface area (Å²) < 4.78 is 0. The Hall–Kier alpha value is -1.12. The molecule has 1 atom stereocenters. The van der Waals surface area contributed by atoms with E-state index in [0.717, 1.165) is 16.5 Å². The maximum atomic E-state index is 6.44. The van der Waals surface area contributed by atoms with Crippen LogP contribution in [0.3, 0.4) is 0 Å². The standard InChI is InChI=1S/C16H19ClN2/c17-16-13(15(18)11-6-2-1-3-7-11)10-12-8-4-5-9-14(12)19-16/h4-5,8-11,15H,1-3,6-7,18H2/t15-/m1/s1. The van der Waals surface area contributed by atoms with E-state index in [2.05, 4.69) is 17.1 Å². The molecule has 0 unspecified atom stereocenters. The van der Waals surface area contributed by atoms with Crippen LogP contribution >= 0.6 is 11.6 Å². The molecule has 1 aliphatic rings. The molecule has 100 valence electrons. The van der Waals surface area contributed by atoms with Crippen LogP contribution in [0, 0.1) is 5.92 Å². The first-order valence-electron chi connectivity index (χ1n) is 7.06. The third-order valence-electron chi connectivity index (χ3n) is 4.22. The number of benzene rings is 1. The predicted octanol–water partition coefficient (Wildman–Crippen LogP) is 4.47. The summed E-state index contributed by atoms with van der Waals surface area (Å²) in [5.41, 5.74) is 8.38. The highest BCUT2D eigenvalue weighted by atomic mass is 35.5. The maximum Gasteiger partial charge on any atom is 0.134 e. The van der Waals surface area contributed by atoms with Crippen LogP contribution in [0.5, 0.6) is 0 Å². The van der Waals surface area contributed by atoms with Crippen LogP contribution in [-0.2, 0) is 0 Å². The van der Waals surface area contributed by atoms with E-state index in [1.807, 2.05) is 18.2 Å². The van der Waals surface area contributed by atoms with Gasteiger partial charge >= 0.3 is 0 Å². The fourth-order valence-electron chi connectivity index (χ4n) is 3.09. The molecule has 1 fully saturated rings. The van der Waals surface area contributed by atoms with Gasteiger partial charge in [-0.05, 0) is 30.9 Å². The third-order valence-corrected chi connectivity index (χ3v) is 4.52. The largest absolute Gasteiger partial charge is 0.324 e. The number of halogens is 1. The minimum absolute atomic E-state index is 0.0184. The number of nitrogens with zero attached hydrogens (tertiary/aromatic N) is 1. The molecule has 1 saturated carbocycles. The van der Waals surface area contributed by atoms with E-state index in [4.69, 9.17) is 17.3 Å². The summed E-state index contributed by atoms with van der Waals surface area (Å²) in [7, 11) is 0. The molecule has 1 aliphatic carbocycles. The summed E-state index contributed by atoms with van der Waals surface area (Å²) in [6, 6.07) is 10.2. The topological polar surface area (TPSA) is 38.9 Å². The molecule has 3 heteroatoms. The quantitative estimate of drug-likeness (QED) is 0.821. The first kappa shape index (κ1) is 12.9. The van der Waals surface area contributed by atoms with E-state index in [0.29, 0.717) is 11.1 Å². The molecule has 3 rings (SSSR count). The van der Waals surface area contributed by atoms with E-state index in [-0.39, 0.29) is 6.04 Å². The van der Waals surface area contributed by atoms with Gasteiger partial charge in [-0.15, -0.1) is 0 Å². The number of para-hydroxylation sites is 1. The number of rotatable bonds is 2. The molecule has 1 aromatic heterocycles. The number of aromatic nitrogens is 1. The zero-order valence-corrected chi connectivity index (χ0v) is 11.7. The Kier molecular flexibility index (Phi) is 3.72. The van der Waals surface area contributed by atoms with Crippen molar-refractivity contribution in [2.45, 2.75) is 38.1 Å². The predicted molar refractivity (Wildman–Crippen MR) is 80.3 cm³/mol. The van der Waals surface area contributed by atoms with Gasteiger partial charge in [-0.1, -0.05) is 49.1 Å². The normalized spacial score (nSPS) is 18.6. The van der Waals surface area contributed by atoms with Gasteiger partial charge in [0.05, 0.1) is 5.52 Å².